The Morgan fingerprint density at radius 1 is 1.13 bits per heavy atom. The van der Waals surface area contributed by atoms with Crippen molar-refractivity contribution in [3.63, 3.8) is 0 Å². The first-order valence-corrected chi connectivity index (χ1v) is 7.01. The smallest absolute Gasteiger partial charge is 0.334 e. The van der Waals surface area contributed by atoms with Crippen molar-refractivity contribution in [3.05, 3.63) is 35.6 Å². The molecule has 1 aliphatic heterocycles. The molecule has 7 nitrogen and oxygen atoms in total. The summed E-state index contributed by atoms with van der Waals surface area (Å²) in [5.41, 5.74) is 0.314. The largest absolute Gasteiger partial charge is 0.340 e. The predicted octanol–water partition coefficient (Wildman–Crippen LogP) is 0.595. The number of amides is 5. The molecule has 1 aromatic rings. The van der Waals surface area contributed by atoms with E-state index < -0.39 is 36.1 Å². The molecule has 1 saturated heterocycles. The zero-order valence-electron chi connectivity index (χ0n) is 12.8. The van der Waals surface area contributed by atoms with Crippen molar-refractivity contribution in [1.29, 1.82) is 0 Å². The fourth-order valence-corrected chi connectivity index (χ4v) is 2.19. The molecule has 0 aromatic heterocycles. The van der Waals surface area contributed by atoms with E-state index in [2.05, 4.69) is 0 Å². The average molecular weight is 321 g/mol. The van der Waals surface area contributed by atoms with E-state index in [1.165, 1.54) is 30.1 Å². The summed E-state index contributed by atoms with van der Waals surface area (Å²) in [7, 11) is 1.43. The monoisotopic (exact) mass is 321 g/mol. The average Bonchev–Trinajstić information content (AvgIpc) is 2.72. The van der Waals surface area contributed by atoms with E-state index in [1.54, 1.807) is 13.0 Å². The summed E-state index contributed by atoms with van der Waals surface area (Å²) in [6.07, 6.45) is 0. The lowest BCUT2D eigenvalue weighted by molar-refractivity contribution is -0.144. The molecule has 1 fully saturated rings. The SMILES string of the molecule is CCN1C(=O)C(=O)N(CC(=O)N(C)Cc2ccccc2F)C1=O. The van der Waals surface area contributed by atoms with Gasteiger partial charge in [0, 0.05) is 25.7 Å². The predicted molar refractivity (Wildman–Crippen MR) is 77.4 cm³/mol. The van der Waals surface area contributed by atoms with Crippen molar-refractivity contribution in [2.45, 2.75) is 13.5 Å². The zero-order valence-corrected chi connectivity index (χ0v) is 12.8. The Kier molecular flexibility index (Phi) is 4.73. The van der Waals surface area contributed by atoms with Crippen LogP contribution in [0.15, 0.2) is 24.3 Å². The van der Waals surface area contributed by atoms with Gasteiger partial charge in [-0.3, -0.25) is 19.3 Å². The molecular formula is C15H16FN3O4. The Morgan fingerprint density at radius 3 is 2.30 bits per heavy atom. The lowest BCUT2D eigenvalue weighted by Crippen LogP contribution is -2.42. The van der Waals surface area contributed by atoms with Crippen LogP contribution in [-0.4, -0.2) is 58.6 Å². The number of rotatable bonds is 5. The maximum absolute atomic E-state index is 13.6. The molecule has 0 atom stereocenters. The Balaban J connectivity index is 2.04. The van der Waals surface area contributed by atoms with Gasteiger partial charge in [-0.1, -0.05) is 18.2 Å². The van der Waals surface area contributed by atoms with Crippen LogP contribution < -0.4 is 0 Å². The third kappa shape index (κ3) is 3.20. The molecule has 0 bridgehead atoms. The number of nitrogens with zero attached hydrogens (tertiary/aromatic N) is 3. The summed E-state index contributed by atoms with van der Waals surface area (Å²) < 4.78 is 13.6. The van der Waals surface area contributed by atoms with Gasteiger partial charge in [0.15, 0.2) is 0 Å². The summed E-state index contributed by atoms with van der Waals surface area (Å²) >= 11 is 0. The second-order valence-electron chi connectivity index (χ2n) is 5.06. The van der Waals surface area contributed by atoms with E-state index in [9.17, 15) is 23.6 Å². The molecule has 1 heterocycles. The van der Waals surface area contributed by atoms with Gasteiger partial charge in [0.05, 0.1) is 0 Å². The molecule has 0 radical (unpaired) electrons. The number of hydrogen-bond donors (Lipinski definition) is 0. The van der Waals surface area contributed by atoms with Crippen LogP contribution in [0.25, 0.3) is 0 Å². The van der Waals surface area contributed by atoms with Gasteiger partial charge in [-0.15, -0.1) is 0 Å². The molecule has 0 saturated carbocycles. The fourth-order valence-electron chi connectivity index (χ4n) is 2.19. The van der Waals surface area contributed by atoms with Crippen LogP contribution in [0.2, 0.25) is 0 Å². The van der Waals surface area contributed by atoms with Crippen molar-refractivity contribution >= 4 is 23.8 Å². The molecule has 1 aromatic carbocycles. The topological polar surface area (TPSA) is 78.0 Å². The van der Waals surface area contributed by atoms with E-state index in [4.69, 9.17) is 0 Å². The molecule has 0 aliphatic carbocycles. The van der Waals surface area contributed by atoms with Gasteiger partial charge in [-0.05, 0) is 13.0 Å². The van der Waals surface area contributed by atoms with E-state index in [0.29, 0.717) is 10.5 Å². The van der Waals surface area contributed by atoms with Crippen LogP contribution in [0.1, 0.15) is 12.5 Å². The summed E-state index contributed by atoms with van der Waals surface area (Å²) in [6.45, 7) is 1.05. The number of halogens is 1. The summed E-state index contributed by atoms with van der Waals surface area (Å²) in [5.74, 6) is -2.99. The van der Waals surface area contributed by atoms with Gasteiger partial charge < -0.3 is 4.90 Å². The number of carbonyl (C=O) groups is 4. The highest BCUT2D eigenvalue weighted by Gasteiger charge is 2.44. The van der Waals surface area contributed by atoms with Crippen LogP contribution in [-0.2, 0) is 20.9 Å². The van der Waals surface area contributed by atoms with Crippen molar-refractivity contribution in [2.24, 2.45) is 0 Å². The van der Waals surface area contributed by atoms with Gasteiger partial charge in [-0.2, -0.15) is 0 Å². The number of likely N-dealkylation sites (N-methyl/N-ethyl adjacent to an activating group) is 2. The van der Waals surface area contributed by atoms with Gasteiger partial charge in [0.25, 0.3) is 0 Å². The fraction of sp³-hybridized carbons (Fsp3) is 0.333. The van der Waals surface area contributed by atoms with Gasteiger partial charge in [-0.25, -0.2) is 14.1 Å². The maximum atomic E-state index is 13.6. The first-order valence-electron chi connectivity index (χ1n) is 7.01. The minimum Gasteiger partial charge on any atom is -0.340 e. The van der Waals surface area contributed by atoms with Crippen molar-refractivity contribution in [3.8, 4) is 0 Å². The Hall–Kier alpha value is -2.77. The minimum absolute atomic E-state index is 0.00678. The lowest BCUT2D eigenvalue weighted by atomic mass is 10.2. The lowest BCUT2D eigenvalue weighted by Gasteiger charge is -2.20. The van der Waals surface area contributed by atoms with E-state index in [0.717, 1.165) is 4.90 Å². The van der Waals surface area contributed by atoms with Crippen LogP contribution in [0.4, 0.5) is 9.18 Å². The van der Waals surface area contributed by atoms with Gasteiger partial charge >= 0.3 is 17.8 Å². The van der Waals surface area contributed by atoms with Gasteiger partial charge in [0.2, 0.25) is 5.91 Å². The maximum Gasteiger partial charge on any atom is 0.334 e. The van der Waals surface area contributed by atoms with Crippen LogP contribution in [0.3, 0.4) is 0 Å². The first kappa shape index (κ1) is 16.6. The number of imide groups is 2. The first-order chi connectivity index (χ1) is 10.9. The quantitative estimate of drug-likeness (QED) is 0.587. The number of urea groups is 1. The third-order valence-electron chi connectivity index (χ3n) is 3.54. The molecule has 5 amide bonds. The van der Waals surface area contributed by atoms with E-state index in [-0.39, 0.29) is 13.1 Å². The summed E-state index contributed by atoms with van der Waals surface area (Å²) in [5, 5.41) is 0. The highest BCUT2D eigenvalue weighted by atomic mass is 19.1. The molecule has 1 aliphatic rings. The normalized spacial score (nSPS) is 14.7. The third-order valence-corrected chi connectivity index (χ3v) is 3.54. The summed E-state index contributed by atoms with van der Waals surface area (Å²) in [6, 6.07) is 5.18. The van der Waals surface area contributed by atoms with Crippen molar-refractivity contribution < 1.29 is 23.6 Å². The highest BCUT2D eigenvalue weighted by Crippen LogP contribution is 2.13. The second-order valence-corrected chi connectivity index (χ2v) is 5.06. The molecular weight excluding hydrogens is 305 g/mol. The van der Waals surface area contributed by atoms with Gasteiger partial charge in [0.1, 0.15) is 12.4 Å². The molecule has 122 valence electrons. The Bertz CT molecular complexity index is 676. The Labute approximate surface area is 132 Å². The molecule has 0 spiro atoms. The molecule has 0 unspecified atom stereocenters. The standard InChI is InChI=1S/C15H16FN3O4/c1-3-18-13(21)14(22)19(15(18)23)9-12(20)17(2)8-10-6-4-5-7-11(10)16/h4-7H,3,8-9H2,1-2H3. The van der Waals surface area contributed by atoms with Crippen LogP contribution >= 0.6 is 0 Å². The second kappa shape index (κ2) is 6.55. The highest BCUT2D eigenvalue weighted by molar-refractivity contribution is 6.45. The summed E-state index contributed by atoms with van der Waals surface area (Å²) in [4.78, 5) is 49.9. The Morgan fingerprint density at radius 2 is 1.74 bits per heavy atom. The zero-order chi connectivity index (χ0) is 17.1. The van der Waals surface area contributed by atoms with Crippen molar-refractivity contribution in [1.82, 2.24) is 14.7 Å². The molecule has 0 N–H and O–H groups in total. The number of carbonyl (C=O) groups excluding carboxylic acids is 4. The van der Waals surface area contributed by atoms with E-state index in [1.807, 2.05) is 0 Å². The van der Waals surface area contributed by atoms with E-state index >= 15 is 0 Å². The number of hydrogen-bond acceptors (Lipinski definition) is 4. The van der Waals surface area contributed by atoms with Crippen LogP contribution in [0, 0.1) is 5.82 Å². The van der Waals surface area contributed by atoms with Crippen LogP contribution in [0.5, 0.6) is 0 Å². The molecule has 8 heteroatoms. The minimum atomic E-state index is -1.02. The number of benzene rings is 1. The van der Waals surface area contributed by atoms with Crippen molar-refractivity contribution in [2.75, 3.05) is 20.1 Å². The molecule has 23 heavy (non-hydrogen) atoms. The molecule has 2 rings (SSSR count).